The van der Waals surface area contributed by atoms with E-state index in [0.717, 1.165) is 11.6 Å². The zero-order valence-corrected chi connectivity index (χ0v) is 10.9. The largest absolute Gasteiger partial charge is 0.378 e. The second-order valence-electron chi connectivity index (χ2n) is 4.51. The van der Waals surface area contributed by atoms with E-state index in [-0.39, 0.29) is 17.9 Å². The van der Waals surface area contributed by atoms with E-state index >= 15 is 0 Å². The van der Waals surface area contributed by atoms with Gasteiger partial charge in [0.15, 0.2) is 0 Å². The standard InChI is InChI=1S/C15H14F2N2O/c1-9-2-5-14(13(17)6-9)19-8-11-4-3-10(15(18)20)7-12(11)16/h2-7,19H,8H2,1H3,(H2,18,20). The van der Waals surface area contributed by atoms with E-state index in [1.165, 1.54) is 18.2 Å². The van der Waals surface area contributed by atoms with Crippen molar-refractivity contribution < 1.29 is 13.6 Å². The summed E-state index contributed by atoms with van der Waals surface area (Å²) >= 11 is 0. The third-order valence-corrected chi connectivity index (χ3v) is 2.93. The van der Waals surface area contributed by atoms with Crippen molar-refractivity contribution >= 4 is 11.6 Å². The van der Waals surface area contributed by atoms with Crippen LogP contribution in [-0.2, 0) is 6.54 Å². The Labute approximate surface area is 115 Å². The maximum atomic E-state index is 13.7. The van der Waals surface area contributed by atoms with Crippen molar-refractivity contribution in [1.82, 2.24) is 0 Å². The van der Waals surface area contributed by atoms with Crippen molar-refractivity contribution in [1.29, 1.82) is 0 Å². The molecule has 104 valence electrons. The summed E-state index contributed by atoms with van der Waals surface area (Å²) in [6, 6.07) is 8.72. The van der Waals surface area contributed by atoms with Crippen LogP contribution in [0.15, 0.2) is 36.4 Å². The van der Waals surface area contributed by atoms with Gasteiger partial charge in [-0.05, 0) is 36.8 Å². The third kappa shape index (κ3) is 3.12. The average Bonchev–Trinajstić information content (AvgIpc) is 2.38. The molecule has 3 N–H and O–H groups in total. The summed E-state index contributed by atoms with van der Waals surface area (Å²) in [6.45, 7) is 1.90. The SMILES string of the molecule is Cc1ccc(NCc2ccc(C(N)=O)cc2F)c(F)c1. The number of anilines is 1. The normalized spacial score (nSPS) is 10.3. The first kappa shape index (κ1) is 14.0. The molecular weight excluding hydrogens is 262 g/mol. The number of carbonyl (C=O) groups excluding carboxylic acids is 1. The number of primary amides is 1. The summed E-state index contributed by atoms with van der Waals surface area (Å²) in [4.78, 5) is 10.9. The van der Waals surface area contributed by atoms with Crippen molar-refractivity contribution in [3.8, 4) is 0 Å². The molecule has 0 aliphatic carbocycles. The molecule has 0 aliphatic heterocycles. The maximum absolute atomic E-state index is 13.7. The van der Waals surface area contributed by atoms with E-state index < -0.39 is 11.7 Å². The molecule has 2 rings (SSSR count). The van der Waals surface area contributed by atoms with Crippen LogP contribution in [0.25, 0.3) is 0 Å². The van der Waals surface area contributed by atoms with Gasteiger partial charge in [-0.15, -0.1) is 0 Å². The summed E-state index contributed by atoms with van der Waals surface area (Å²) in [5.41, 5.74) is 6.60. The van der Waals surface area contributed by atoms with Crippen LogP contribution in [0.2, 0.25) is 0 Å². The highest BCUT2D eigenvalue weighted by molar-refractivity contribution is 5.92. The summed E-state index contributed by atoms with van der Waals surface area (Å²) in [5, 5.41) is 2.81. The van der Waals surface area contributed by atoms with Crippen LogP contribution >= 0.6 is 0 Å². The number of amides is 1. The molecule has 1 amide bonds. The molecule has 5 heteroatoms. The van der Waals surface area contributed by atoms with Crippen molar-refractivity contribution in [2.75, 3.05) is 5.32 Å². The Hall–Kier alpha value is -2.43. The minimum atomic E-state index is -0.687. The highest BCUT2D eigenvalue weighted by atomic mass is 19.1. The molecule has 2 aromatic carbocycles. The number of benzene rings is 2. The van der Waals surface area contributed by atoms with Gasteiger partial charge in [0.1, 0.15) is 11.6 Å². The van der Waals surface area contributed by atoms with E-state index in [0.29, 0.717) is 11.3 Å². The highest BCUT2D eigenvalue weighted by Crippen LogP contribution is 2.17. The Balaban J connectivity index is 2.13. The monoisotopic (exact) mass is 276 g/mol. The van der Waals surface area contributed by atoms with Crippen LogP contribution in [0.5, 0.6) is 0 Å². The van der Waals surface area contributed by atoms with Gasteiger partial charge < -0.3 is 11.1 Å². The van der Waals surface area contributed by atoms with Gasteiger partial charge in [0.05, 0.1) is 5.69 Å². The van der Waals surface area contributed by atoms with Crippen molar-refractivity contribution in [3.05, 3.63) is 64.7 Å². The van der Waals surface area contributed by atoms with Gasteiger partial charge in [-0.2, -0.15) is 0 Å². The maximum Gasteiger partial charge on any atom is 0.248 e. The summed E-state index contributed by atoms with van der Waals surface area (Å²) in [7, 11) is 0. The van der Waals surface area contributed by atoms with E-state index in [2.05, 4.69) is 5.32 Å². The minimum Gasteiger partial charge on any atom is -0.378 e. The molecule has 2 aromatic rings. The summed E-state index contributed by atoms with van der Waals surface area (Å²) in [6.07, 6.45) is 0. The molecule has 0 fully saturated rings. The quantitative estimate of drug-likeness (QED) is 0.902. The number of carbonyl (C=O) groups is 1. The van der Waals surface area contributed by atoms with E-state index in [1.807, 2.05) is 0 Å². The minimum absolute atomic E-state index is 0.104. The Morgan fingerprint density at radius 2 is 1.90 bits per heavy atom. The molecule has 0 saturated carbocycles. The van der Waals surface area contributed by atoms with Gasteiger partial charge in [-0.1, -0.05) is 12.1 Å². The lowest BCUT2D eigenvalue weighted by Crippen LogP contribution is -2.12. The Morgan fingerprint density at radius 3 is 2.50 bits per heavy atom. The Bertz CT molecular complexity index is 656. The topological polar surface area (TPSA) is 55.1 Å². The van der Waals surface area contributed by atoms with Gasteiger partial charge in [-0.25, -0.2) is 8.78 Å². The highest BCUT2D eigenvalue weighted by Gasteiger charge is 2.08. The lowest BCUT2D eigenvalue weighted by Gasteiger charge is -2.09. The molecule has 0 atom stereocenters. The van der Waals surface area contributed by atoms with Gasteiger partial charge >= 0.3 is 0 Å². The van der Waals surface area contributed by atoms with Crippen molar-refractivity contribution in [2.45, 2.75) is 13.5 Å². The fourth-order valence-corrected chi connectivity index (χ4v) is 1.80. The predicted octanol–water partition coefficient (Wildman–Crippen LogP) is 2.98. The zero-order valence-electron chi connectivity index (χ0n) is 10.9. The lowest BCUT2D eigenvalue weighted by molar-refractivity contribution is 0.1000. The fourth-order valence-electron chi connectivity index (χ4n) is 1.80. The molecule has 0 unspecified atom stereocenters. The Kier molecular flexibility index (Phi) is 3.98. The average molecular weight is 276 g/mol. The summed E-state index contributed by atoms with van der Waals surface area (Å²) in [5.74, 6) is -1.63. The van der Waals surface area contributed by atoms with Gasteiger partial charge in [0.25, 0.3) is 0 Å². The van der Waals surface area contributed by atoms with Crippen LogP contribution < -0.4 is 11.1 Å². The zero-order chi connectivity index (χ0) is 14.7. The second kappa shape index (κ2) is 5.69. The number of nitrogens with one attached hydrogen (secondary N) is 1. The smallest absolute Gasteiger partial charge is 0.248 e. The Morgan fingerprint density at radius 1 is 1.15 bits per heavy atom. The van der Waals surface area contributed by atoms with E-state index in [4.69, 9.17) is 5.73 Å². The molecule has 0 heterocycles. The number of halogens is 2. The van der Waals surface area contributed by atoms with Crippen molar-refractivity contribution in [2.24, 2.45) is 5.73 Å². The number of hydrogen-bond acceptors (Lipinski definition) is 2. The van der Waals surface area contributed by atoms with Crippen molar-refractivity contribution in [3.63, 3.8) is 0 Å². The molecular formula is C15H14F2N2O. The number of nitrogens with two attached hydrogens (primary N) is 1. The number of hydrogen-bond donors (Lipinski definition) is 2. The van der Waals surface area contributed by atoms with Crippen LogP contribution in [0.1, 0.15) is 21.5 Å². The molecule has 0 saturated heterocycles. The lowest BCUT2D eigenvalue weighted by atomic mass is 10.1. The van der Waals surface area contributed by atoms with Gasteiger partial charge in [0.2, 0.25) is 5.91 Å². The van der Waals surface area contributed by atoms with Gasteiger partial charge in [-0.3, -0.25) is 4.79 Å². The molecule has 0 aromatic heterocycles. The molecule has 0 aliphatic rings. The molecule has 0 bridgehead atoms. The van der Waals surface area contributed by atoms with Crippen LogP contribution in [0, 0.1) is 18.6 Å². The molecule has 0 spiro atoms. The molecule has 20 heavy (non-hydrogen) atoms. The molecule has 0 radical (unpaired) electrons. The summed E-state index contributed by atoms with van der Waals surface area (Å²) < 4.78 is 27.3. The molecule has 3 nitrogen and oxygen atoms in total. The first-order valence-electron chi connectivity index (χ1n) is 6.05. The van der Waals surface area contributed by atoms with Crippen LogP contribution in [0.3, 0.4) is 0 Å². The fraction of sp³-hybridized carbons (Fsp3) is 0.133. The number of aryl methyl sites for hydroxylation is 1. The van der Waals surface area contributed by atoms with Gasteiger partial charge in [0, 0.05) is 17.7 Å². The second-order valence-corrected chi connectivity index (χ2v) is 4.51. The third-order valence-electron chi connectivity index (χ3n) is 2.93. The van der Waals surface area contributed by atoms with Crippen LogP contribution in [0.4, 0.5) is 14.5 Å². The van der Waals surface area contributed by atoms with E-state index in [9.17, 15) is 13.6 Å². The number of rotatable bonds is 4. The first-order valence-corrected chi connectivity index (χ1v) is 6.05. The predicted molar refractivity (Wildman–Crippen MR) is 73.4 cm³/mol. The van der Waals surface area contributed by atoms with Crippen LogP contribution in [-0.4, -0.2) is 5.91 Å². The first-order chi connectivity index (χ1) is 9.47. The van der Waals surface area contributed by atoms with E-state index in [1.54, 1.807) is 19.1 Å².